The van der Waals surface area contributed by atoms with Crippen molar-refractivity contribution in [3.8, 4) is 11.1 Å². The van der Waals surface area contributed by atoms with Crippen LogP contribution in [0.3, 0.4) is 0 Å². The van der Waals surface area contributed by atoms with Crippen molar-refractivity contribution >= 4 is 28.9 Å². The maximum Gasteiger partial charge on any atom is 0.410 e. The molecule has 46 heavy (non-hydrogen) atoms. The second-order valence-electron chi connectivity index (χ2n) is 15.1. The third-order valence-corrected chi connectivity index (χ3v) is 9.29. The lowest BCUT2D eigenvalue weighted by atomic mass is 9.90. The Morgan fingerprint density at radius 3 is 2.26 bits per heavy atom. The molecule has 1 unspecified atom stereocenters. The number of carbonyl (C=O) groups is 2. The van der Waals surface area contributed by atoms with Gasteiger partial charge in [0.1, 0.15) is 23.2 Å². The van der Waals surface area contributed by atoms with Gasteiger partial charge in [-0.1, -0.05) is 24.3 Å². The van der Waals surface area contributed by atoms with Crippen LogP contribution in [0.4, 0.5) is 9.59 Å². The highest BCUT2D eigenvalue weighted by molar-refractivity contribution is 5.84. The zero-order valence-electron chi connectivity index (χ0n) is 27.8. The van der Waals surface area contributed by atoms with Crippen molar-refractivity contribution in [2.24, 2.45) is 0 Å². The molecule has 244 valence electrons. The predicted molar refractivity (Wildman–Crippen MR) is 178 cm³/mol. The molecular formula is C36H46N6O4. The molecule has 2 saturated heterocycles. The minimum Gasteiger partial charge on any atom is -0.444 e. The van der Waals surface area contributed by atoms with Gasteiger partial charge in [-0.15, -0.1) is 0 Å². The minimum absolute atomic E-state index is 0.0336. The van der Waals surface area contributed by atoms with Crippen molar-refractivity contribution in [3.05, 3.63) is 59.0 Å². The number of aromatic amines is 1. The van der Waals surface area contributed by atoms with Crippen molar-refractivity contribution in [1.29, 1.82) is 0 Å². The lowest BCUT2D eigenvalue weighted by Gasteiger charge is -2.32. The van der Waals surface area contributed by atoms with E-state index in [1.807, 2.05) is 46.4 Å². The first-order valence-electron chi connectivity index (χ1n) is 16.7. The molecule has 0 spiro atoms. The number of carbonyl (C=O) groups excluding carboxylic acids is 2. The van der Waals surface area contributed by atoms with Crippen molar-refractivity contribution in [2.45, 2.75) is 110 Å². The van der Waals surface area contributed by atoms with Gasteiger partial charge in [-0.2, -0.15) is 0 Å². The fourth-order valence-corrected chi connectivity index (χ4v) is 7.30. The standard InChI is InChI=1S/C36H46N6O4/c1-35(2,3)45-33(43)41-17-7-9-28(41)31-37-25-15-12-22(20-27(25)39-31)21-11-14-24-23(19-21)13-16-26-30(24)40-32(38-26)29-10-8-18-42(29)34(44)46-36(4,5)6/h11-12,14-15,19-20,28-29,32,38,40H,7-10,13,16-18H2,1-6H3,(H,37,39)/t28-,29-,32?/m0/s1. The summed E-state index contributed by atoms with van der Waals surface area (Å²) in [6, 6.07) is 13.0. The summed E-state index contributed by atoms with van der Waals surface area (Å²) in [6.45, 7) is 12.8. The quantitative estimate of drug-likeness (QED) is 0.292. The maximum absolute atomic E-state index is 13.0. The molecule has 7 rings (SSSR count). The van der Waals surface area contributed by atoms with Gasteiger partial charge >= 0.3 is 12.2 Å². The average molecular weight is 627 g/mol. The van der Waals surface area contributed by atoms with E-state index in [2.05, 4.69) is 52.0 Å². The smallest absolute Gasteiger partial charge is 0.410 e. The van der Waals surface area contributed by atoms with Crippen molar-refractivity contribution in [1.82, 2.24) is 30.4 Å². The molecule has 2 amide bonds. The first kappa shape index (κ1) is 30.4. The van der Waals surface area contributed by atoms with Crippen LogP contribution < -0.4 is 10.6 Å². The Morgan fingerprint density at radius 1 is 0.826 bits per heavy atom. The summed E-state index contributed by atoms with van der Waals surface area (Å²) in [5.41, 5.74) is 7.98. The first-order valence-corrected chi connectivity index (χ1v) is 16.7. The highest BCUT2D eigenvalue weighted by Crippen LogP contribution is 2.38. The van der Waals surface area contributed by atoms with E-state index in [0.29, 0.717) is 6.54 Å². The molecule has 1 aromatic heterocycles. The van der Waals surface area contributed by atoms with Gasteiger partial charge < -0.3 is 30.0 Å². The van der Waals surface area contributed by atoms with Gasteiger partial charge in [-0.05, 0) is 109 Å². The van der Waals surface area contributed by atoms with Gasteiger partial charge in [0.05, 0.1) is 28.8 Å². The average Bonchev–Trinajstić information content (AvgIpc) is 3.79. The second kappa shape index (κ2) is 11.2. The predicted octanol–water partition coefficient (Wildman–Crippen LogP) is 6.84. The van der Waals surface area contributed by atoms with E-state index in [1.165, 1.54) is 16.8 Å². The molecule has 3 N–H and O–H groups in total. The normalized spacial score (nSPS) is 22.9. The Bertz CT molecular complexity index is 1710. The molecule has 4 heterocycles. The Morgan fingerprint density at radius 2 is 1.50 bits per heavy atom. The number of benzene rings is 2. The topological polar surface area (TPSA) is 112 Å². The number of allylic oxidation sites excluding steroid dienone is 1. The largest absolute Gasteiger partial charge is 0.444 e. The third-order valence-electron chi connectivity index (χ3n) is 9.29. The number of nitrogens with one attached hydrogen (secondary N) is 3. The van der Waals surface area contributed by atoms with E-state index in [0.717, 1.165) is 78.8 Å². The van der Waals surface area contributed by atoms with Crippen LogP contribution >= 0.6 is 0 Å². The summed E-state index contributed by atoms with van der Waals surface area (Å²) >= 11 is 0. The lowest BCUT2D eigenvalue weighted by molar-refractivity contribution is 0.0192. The molecule has 4 aliphatic rings. The van der Waals surface area contributed by atoms with Crippen molar-refractivity contribution in [2.75, 3.05) is 13.1 Å². The van der Waals surface area contributed by atoms with Gasteiger partial charge in [0.25, 0.3) is 0 Å². The molecular weight excluding hydrogens is 580 g/mol. The van der Waals surface area contributed by atoms with E-state index in [9.17, 15) is 9.59 Å². The number of ether oxygens (including phenoxy) is 2. The van der Waals surface area contributed by atoms with Crippen LogP contribution in [0.5, 0.6) is 0 Å². The SMILES string of the molecule is CC(C)(C)OC(=O)N1CCC[C@H]1c1nc2ccc(-c3ccc4c(c3)CCC3=C4NC([C@@H]4CCCN4C(=O)OC(C)(C)C)N3)cc2[nH]1. The number of hydrogen-bond acceptors (Lipinski definition) is 7. The van der Waals surface area contributed by atoms with E-state index < -0.39 is 11.2 Å². The summed E-state index contributed by atoms with van der Waals surface area (Å²) in [5, 5.41) is 7.46. The van der Waals surface area contributed by atoms with Crippen molar-refractivity contribution < 1.29 is 19.1 Å². The number of amides is 2. The third kappa shape index (κ3) is 5.89. The van der Waals surface area contributed by atoms with Crippen LogP contribution in [-0.2, 0) is 15.9 Å². The summed E-state index contributed by atoms with van der Waals surface area (Å²) in [5.74, 6) is 0.808. The summed E-state index contributed by atoms with van der Waals surface area (Å²) in [7, 11) is 0. The van der Waals surface area contributed by atoms with Gasteiger partial charge in [-0.25, -0.2) is 14.6 Å². The molecule has 3 aliphatic heterocycles. The van der Waals surface area contributed by atoms with E-state index in [-0.39, 0.29) is 30.4 Å². The molecule has 2 aromatic carbocycles. The Labute approximate surface area is 270 Å². The zero-order chi connectivity index (χ0) is 32.4. The number of imidazole rings is 1. The monoisotopic (exact) mass is 626 g/mol. The molecule has 10 nitrogen and oxygen atoms in total. The number of aromatic nitrogens is 2. The number of aryl methyl sites for hydroxylation is 1. The van der Waals surface area contributed by atoms with Crippen LogP contribution in [0.1, 0.15) is 96.6 Å². The number of nitrogens with zero attached hydrogens (tertiary/aromatic N) is 3. The van der Waals surface area contributed by atoms with E-state index >= 15 is 0 Å². The molecule has 3 aromatic rings. The maximum atomic E-state index is 13.0. The molecule has 10 heteroatoms. The van der Waals surface area contributed by atoms with Gasteiger partial charge in [0.15, 0.2) is 0 Å². The molecule has 2 fully saturated rings. The number of fused-ring (bicyclic) bond motifs is 3. The number of H-pyrrole nitrogens is 1. The number of hydrogen-bond donors (Lipinski definition) is 3. The lowest BCUT2D eigenvalue weighted by Crippen LogP contribution is -2.52. The first-order chi connectivity index (χ1) is 21.8. The molecule has 3 atom stereocenters. The zero-order valence-corrected chi connectivity index (χ0v) is 27.8. The molecule has 0 saturated carbocycles. The Kier molecular flexibility index (Phi) is 7.44. The summed E-state index contributed by atoms with van der Waals surface area (Å²) in [6.07, 6.45) is 5.01. The van der Waals surface area contributed by atoms with Crippen LogP contribution in [0.15, 0.2) is 42.1 Å². The van der Waals surface area contributed by atoms with Gasteiger partial charge in [0.2, 0.25) is 0 Å². The van der Waals surface area contributed by atoms with Gasteiger partial charge in [-0.3, -0.25) is 4.90 Å². The molecule has 1 aliphatic carbocycles. The van der Waals surface area contributed by atoms with Gasteiger partial charge in [0, 0.05) is 24.4 Å². The van der Waals surface area contributed by atoms with E-state index in [4.69, 9.17) is 14.5 Å². The van der Waals surface area contributed by atoms with Crippen LogP contribution in [-0.4, -0.2) is 68.5 Å². The summed E-state index contributed by atoms with van der Waals surface area (Å²) in [4.78, 5) is 37.9. The van der Waals surface area contributed by atoms with Crippen LogP contribution in [0.25, 0.3) is 27.9 Å². The summed E-state index contributed by atoms with van der Waals surface area (Å²) < 4.78 is 11.4. The van der Waals surface area contributed by atoms with Crippen LogP contribution in [0, 0.1) is 0 Å². The van der Waals surface area contributed by atoms with E-state index in [1.54, 1.807) is 4.90 Å². The minimum atomic E-state index is -0.537. The fraction of sp³-hybridized carbons (Fsp3) is 0.528. The number of rotatable bonds is 3. The highest BCUT2D eigenvalue weighted by Gasteiger charge is 2.41. The molecule has 0 bridgehead atoms. The van der Waals surface area contributed by atoms with Crippen molar-refractivity contribution in [3.63, 3.8) is 0 Å². The van der Waals surface area contributed by atoms with Crippen LogP contribution in [0.2, 0.25) is 0 Å². The second-order valence-corrected chi connectivity index (χ2v) is 15.1. The molecule has 0 radical (unpaired) electrons. The Balaban J connectivity index is 1.08. The fourth-order valence-electron chi connectivity index (χ4n) is 7.30. The Hall–Kier alpha value is -4.21. The highest BCUT2D eigenvalue weighted by atomic mass is 16.6. The number of likely N-dealkylation sites (tertiary alicyclic amines) is 2.